The van der Waals surface area contributed by atoms with Gasteiger partial charge in [0.25, 0.3) is 0 Å². The van der Waals surface area contributed by atoms with E-state index in [0.29, 0.717) is 39.3 Å². The van der Waals surface area contributed by atoms with Gasteiger partial charge in [-0.05, 0) is 34.9 Å². The van der Waals surface area contributed by atoms with Gasteiger partial charge in [-0.2, -0.15) is 0 Å². The first kappa shape index (κ1) is 20.2. The Hall–Kier alpha value is -3.12. The first-order valence-electron chi connectivity index (χ1n) is 10.4. The van der Waals surface area contributed by atoms with Gasteiger partial charge in [0.2, 0.25) is 11.8 Å². The molecule has 2 aliphatic rings. The number of nitrogens with one attached hydrogen (secondary N) is 1. The van der Waals surface area contributed by atoms with Crippen molar-refractivity contribution in [2.24, 2.45) is 0 Å². The zero-order valence-electron chi connectivity index (χ0n) is 17.0. The Morgan fingerprint density at radius 1 is 1.03 bits per heavy atom. The van der Waals surface area contributed by atoms with Crippen LogP contribution in [0.1, 0.15) is 16.7 Å². The molecule has 0 saturated carbocycles. The highest BCUT2D eigenvalue weighted by Crippen LogP contribution is 2.26. The number of carbonyl (C=O) groups is 2. The summed E-state index contributed by atoms with van der Waals surface area (Å²) in [6.45, 7) is 4.30. The molecule has 0 bridgehead atoms. The van der Waals surface area contributed by atoms with Crippen molar-refractivity contribution in [2.45, 2.75) is 13.0 Å². The lowest BCUT2D eigenvalue weighted by atomic mass is 10.1. The predicted octanol–water partition coefficient (Wildman–Crippen LogP) is 2.10. The van der Waals surface area contributed by atoms with Crippen LogP contribution in [0.2, 0.25) is 0 Å². The quantitative estimate of drug-likeness (QED) is 0.748. The molecule has 1 fully saturated rings. The lowest BCUT2D eigenvalue weighted by Gasteiger charge is -2.33. The van der Waals surface area contributed by atoms with Crippen LogP contribution in [0.15, 0.2) is 54.6 Å². The number of hydrogen-bond acceptors (Lipinski definition) is 4. The Labute approximate surface area is 177 Å². The van der Waals surface area contributed by atoms with Gasteiger partial charge < -0.3 is 15.0 Å². The van der Waals surface area contributed by atoms with Gasteiger partial charge in [-0.25, -0.2) is 0 Å². The van der Waals surface area contributed by atoms with Crippen LogP contribution in [-0.4, -0.2) is 60.9 Å². The molecule has 0 spiro atoms. The molecule has 2 aromatic rings. The molecule has 156 valence electrons. The minimum Gasteiger partial charge on any atom is -0.493 e. The molecular formula is C24H27N3O3. The number of ether oxygens (including phenoxy) is 1. The molecule has 30 heavy (non-hydrogen) atoms. The van der Waals surface area contributed by atoms with Crippen molar-refractivity contribution in [1.82, 2.24) is 15.1 Å². The standard InChI is InChI=1S/C24H27N3O3/c28-23(25-17-20-4-2-1-3-5-20)18-26-11-13-27(14-12-26)24(29)9-7-19-6-8-22-21(16-19)10-15-30-22/h1-9,16H,10-15,17-18H2,(H,25,28)/b9-7+. The number of piperazine rings is 1. The first-order valence-corrected chi connectivity index (χ1v) is 10.4. The minimum absolute atomic E-state index is 0.0131. The lowest BCUT2D eigenvalue weighted by Crippen LogP contribution is -2.50. The van der Waals surface area contributed by atoms with Crippen LogP contribution >= 0.6 is 0 Å². The van der Waals surface area contributed by atoms with E-state index < -0.39 is 0 Å². The fourth-order valence-corrected chi connectivity index (χ4v) is 3.76. The largest absolute Gasteiger partial charge is 0.493 e. The number of carbonyl (C=O) groups excluding carboxylic acids is 2. The van der Waals surface area contributed by atoms with Gasteiger partial charge >= 0.3 is 0 Å². The SMILES string of the molecule is O=C(CN1CCN(C(=O)/C=C/c2ccc3c(c2)CCO3)CC1)NCc1ccccc1. The Morgan fingerprint density at radius 2 is 1.83 bits per heavy atom. The Balaban J connectivity index is 1.20. The molecule has 0 atom stereocenters. The fraction of sp³-hybridized carbons (Fsp3) is 0.333. The van der Waals surface area contributed by atoms with E-state index in [4.69, 9.17) is 4.74 Å². The van der Waals surface area contributed by atoms with Crippen LogP contribution < -0.4 is 10.1 Å². The van der Waals surface area contributed by atoms with Crippen LogP contribution in [0.3, 0.4) is 0 Å². The molecule has 6 nitrogen and oxygen atoms in total. The van der Waals surface area contributed by atoms with Gasteiger partial charge in [-0.1, -0.05) is 36.4 Å². The maximum atomic E-state index is 12.5. The highest BCUT2D eigenvalue weighted by atomic mass is 16.5. The second-order valence-electron chi connectivity index (χ2n) is 7.66. The van der Waals surface area contributed by atoms with Crippen molar-refractivity contribution in [3.05, 3.63) is 71.3 Å². The van der Waals surface area contributed by atoms with Gasteiger partial charge in [0.15, 0.2) is 0 Å². The van der Waals surface area contributed by atoms with Gasteiger partial charge in [0.05, 0.1) is 13.2 Å². The summed E-state index contributed by atoms with van der Waals surface area (Å²) in [5.74, 6) is 0.974. The zero-order chi connectivity index (χ0) is 20.8. The van der Waals surface area contributed by atoms with Crippen LogP contribution in [0.25, 0.3) is 6.08 Å². The van der Waals surface area contributed by atoms with Gasteiger partial charge in [-0.3, -0.25) is 14.5 Å². The summed E-state index contributed by atoms with van der Waals surface area (Å²) in [7, 11) is 0. The maximum absolute atomic E-state index is 12.5. The van der Waals surface area contributed by atoms with Crippen molar-refractivity contribution in [2.75, 3.05) is 39.3 Å². The predicted molar refractivity (Wildman–Crippen MR) is 116 cm³/mol. The van der Waals surface area contributed by atoms with E-state index in [9.17, 15) is 9.59 Å². The molecule has 0 unspecified atom stereocenters. The number of benzene rings is 2. The second-order valence-corrected chi connectivity index (χ2v) is 7.66. The van der Waals surface area contributed by atoms with Crippen molar-refractivity contribution in [3.8, 4) is 5.75 Å². The average molecular weight is 405 g/mol. The molecule has 2 aromatic carbocycles. The zero-order valence-corrected chi connectivity index (χ0v) is 17.0. The Bertz CT molecular complexity index is 919. The van der Waals surface area contributed by atoms with Gasteiger partial charge in [-0.15, -0.1) is 0 Å². The molecule has 0 radical (unpaired) electrons. The van der Waals surface area contributed by atoms with E-state index in [1.807, 2.05) is 53.4 Å². The third-order valence-corrected chi connectivity index (χ3v) is 5.52. The van der Waals surface area contributed by atoms with Crippen molar-refractivity contribution in [1.29, 1.82) is 0 Å². The van der Waals surface area contributed by atoms with Gasteiger partial charge in [0, 0.05) is 45.2 Å². The highest BCUT2D eigenvalue weighted by Gasteiger charge is 2.21. The molecule has 2 amide bonds. The molecule has 1 N–H and O–H groups in total. The number of nitrogens with zero attached hydrogens (tertiary/aromatic N) is 2. The van der Waals surface area contributed by atoms with E-state index in [2.05, 4.69) is 16.3 Å². The summed E-state index contributed by atoms with van der Waals surface area (Å²) in [6.07, 6.45) is 4.43. The minimum atomic E-state index is 0.0131. The third-order valence-electron chi connectivity index (χ3n) is 5.52. The molecular weight excluding hydrogens is 378 g/mol. The van der Waals surface area contributed by atoms with E-state index in [1.165, 1.54) is 5.56 Å². The summed E-state index contributed by atoms with van der Waals surface area (Å²) in [6, 6.07) is 15.9. The number of hydrogen-bond donors (Lipinski definition) is 1. The summed E-state index contributed by atoms with van der Waals surface area (Å²) in [5.41, 5.74) is 3.30. The summed E-state index contributed by atoms with van der Waals surface area (Å²) in [4.78, 5) is 28.6. The van der Waals surface area contributed by atoms with Crippen LogP contribution in [0, 0.1) is 0 Å². The maximum Gasteiger partial charge on any atom is 0.246 e. The molecule has 1 saturated heterocycles. The molecule has 0 aliphatic carbocycles. The van der Waals surface area contributed by atoms with Gasteiger partial charge in [0.1, 0.15) is 5.75 Å². The van der Waals surface area contributed by atoms with Crippen LogP contribution in [0.5, 0.6) is 5.75 Å². The Morgan fingerprint density at radius 3 is 2.63 bits per heavy atom. The van der Waals surface area contributed by atoms with E-state index in [1.54, 1.807) is 6.08 Å². The van der Waals surface area contributed by atoms with Crippen molar-refractivity contribution < 1.29 is 14.3 Å². The molecule has 2 heterocycles. The Kier molecular flexibility index (Phi) is 6.44. The van der Waals surface area contributed by atoms with Crippen LogP contribution in [0.4, 0.5) is 0 Å². The number of amides is 2. The summed E-state index contributed by atoms with van der Waals surface area (Å²) < 4.78 is 5.52. The normalized spacial score (nSPS) is 16.3. The lowest BCUT2D eigenvalue weighted by molar-refractivity contribution is -0.128. The molecule has 6 heteroatoms. The fourth-order valence-electron chi connectivity index (χ4n) is 3.76. The van der Waals surface area contributed by atoms with Crippen LogP contribution in [-0.2, 0) is 22.6 Å². The van der Waals surface area contributed by atoms with Crippen molar-refractivity contribution in [3.63, 3.8) is 0 Å². The smallest absolute Gasteiger partial charge is 0.246 e. The average Bonchev–Trinajstić information content (AvgIpc) is 3.25. The molecule has 4 rings (SSSR count). The summed E-state index contributed by atoms with van der Waals surface area (Å²) in [5, 5.41) is 2.96. The third kappa shape index (κ3) is 5.27. The first-order chi connectivity index (χ1) is 14.7. The summed E-state index contributed by atoms with van der Waals surface area (Å²) >= 11 is 0. The van der Waals surface area contributed by atoms with E-state index in [-0.39, 0.29) is 11.8 Å². The monoisotopic (exact) mass is 405 g/mol. The molecule has 0 aromatic heterocycles. The molecule has 2 aliphatic heterocycles. The number of rotatable bonds is 6. The van der Waals surface area contributed by atoms with E-state index >= 15 is 0 Å². The van der Waals surface area contributed by atoms with E-state index in [0.717, 1.165) is 29.9 Å². The number of fused-ring (bicyclic) bond motifs is 1. The second kappa shape index (κ2) is 9.59. The topological polar surface area (TPSA) is 61.9 Å². The van der Waals surface area contributed by atoms with Crippen molar-refractivity contribution >= 4 is 17.9 Å². The highest BCUT2D eigenvalue weighted by molar-refractivity contribution is 5.92.